The Morgan fingerprint density at radius 2 is 2.22 bits per heavy atom. The molecule has 0 radical (unpaired) electrons. The third-order valence-electron chi connectivity index (χ3n) is 3.80. The number of carbonyl (C=O) groups is 1. The predicted octanol–water partition coefficient (Wildman–Crippen LogP) is 2.66. The van der Waals surface area contributed by atoms with Gasteiger partial charge >= 0.3 is 5.37 Å². The molecule has 1 aromatic carbocycles. The smallest absolute Gasteiger partial charge is 0.340 e. The molecule has 7 nitrogen and oxygen atoms in total. The second kappa shape index (κ2) is 7.54. The van der Waals surface area contributed by atoms with E-state index in [0.29, 0.717) is 19.0 Å². The Morgan fingerprint density at radius 3 is 2.83 bits per heavy atom. The summed E-state index contributed by atoms with van der Waals surface area (Å²) in [6.07, 6.45) is 2.81. The molecule has 1 N–H and O–H groups in total. The molecule has 2 atom stereocenters. The number of piperidine rings is 1. The Kier molecular flexibility index (Phi) is 5.22. The van der Waals surface area contributed by atoms with E-state index in [0.717, 1.165) is 18.4 Å². The highest BCUT2D eigenvalue weighted by atomic mass is 35.5. The molecule has 1 fully saturated rings. The number of hydrogen-bond donors (Lipinski definition) is 1. The van der Waals surface area contributed by atoms with Crippen molar-refractivity contribution in [2.75, 3.05) is 6.54 Å². The van der Waals surface area contributed by atoms with Crippen molar-refractivity contribution in [1.82, 2.24) is 20.5 Å². The molecular formula is C15H17ClN4O3. The molecule has 1 aliphatic rings. The summed E-state index contributed by atoms with van der Waals surface area (Å²) in [6, 6.07) is 9.52. The first-order valence-corrected chi connectivity index (χ1v) is 7.77. The van der Waals surface area contributed by atoms with Crippen LogP contribution in [0.2, 0.25) is 0 Å². The first kappa shape index (κ1) is 15.9. The van der Waals surface area contributed by atoms with E-state index in [9.17, 15) is 4.79 Å². The van der Waals surface area contributed by atoms with Crippen LogP contribution >= 0.6 is 11.6 Å². The standard InChI is InChI=1S/C15H17ClN4O3/c16-15(21)20(23-9-11-4-2-1-3-5-11)12-6-7-13(17-8-12)14-18-10-22-19-14/h1-5,10,12-13,17H,6-9H2. The van der Waals surface area contributed by atoms with Gasteiger partial charge in [-0.25, -0.2) is 5.06 Å². The van der Waals surface area contributed by atoms with E-state index in [-0.39, 0.29) is 12.1 Å². The Labute approximate surface area is 138 Å². The van der Waals surface area contributed by atoms with Crippen LogP contribution in [0.25, 0.3) is 0 Å². The van der Waals surface area contributed by atoms with E-state index in [2.05, 4.69) is 15.5 Å². The maximum atomic E-state index is 11.7. The minimum Gasteiger partial charge on any atom is -0.343 e. The number of amides is 1. The van der Waals surface area contributed by atoms with E-state index in [1.807, 2.05) is 30.3 Å². The van der Waals surface area contributed by atoms with Gasteiger partial charge in [0.1, 0.15) is 6.61 Å². The number of rotatable bonds is 5. The van der Waals surface area contributed by atoms with Gasteiger partial charge in [0, 0.05) is 6.54 Å². The highest BCUT2D eigenvalue weighted by molar-refractivity contribution is 6.62. The second-order valence-electron chi connectivity index (χ2n) is 5.32. The lowest BCUT2D eigenvalue weighted by Crippen LogP contribution is -2.48. The number of nitrogens with zero attached hydrogens (tertiary/aromatic N) is 3. The summed E-state index contributed by atoms with van der Waals surface area (Å²) in [6.45, 7) is 0.844. The molecule has 0 spiro atoms. The Morgan fingerprint density at radius 1 is 1.39 bits per heavy atom. The Bertz CT molecular complexity index is 615. The van der Waals surface area contributed by atoms with Crippen molar-refractivity contribution in [2.45, 2.75) is 31.5 Å². The maximum Gasteiger partial charge on any atom is 0.340 e. The van der Waals surface area contributed by atoms with Crippen LogP contribution < -0.4 is 5.32 Å². The highest BCUT2D eigenvalue weighted by Gasteiger charge is 2.31. The van der Waals surface area contributed by atoms with Gasteiger partial charge < -0.3 is 9.84 Å². The molecule has 0 saturated carbocycles. The predicted molar refractivity (Wildman–Crippen MR) is 82.4 cm³/mol. The minimum atomic E-state index is -0.620. The van der Waals surface area contributed by atoms with Crippen LogP contribution in [0.4, 0.5) is 4.79 Å². The SMILES string of the molecule is O=C(Cl)N(OCc1ccccc1)C1CCC(c2ncon2)NC1. The van der Waals surface area contributed by atoms with Gasteiger partial charge in [-0.05, 0) is 30.0 Å². The monoisotopic (exact) mass is 336 g/mol. The van der Waals surface area contributed by atoms with E-state index >= 15 is 0 Å². The molecule has 1 aromatic heterocycles. The van der Waals surface area contributed by atoms with Crippen LogP contribution in [-0.4, -0.2) is 33.2 Å². The van der Waals surface area contributed by atoms with E-state index in [1.165, 1.54) is 11.5 Å². The fraction of sp³-hybridized carbons (Fsp3) is 0.400. The van der Waals surface area contributed by atoms with Gasteiger partial charge in [0.15, 0.2) is 5.82 Å². The normalized spacial score (nSPS) is 21.1. The molecule has 2 heterocycles. The third-order valence-corrected chi connectivity index (χ3v) is 3.96. The largest absolute Gasteiger partial charge is 0.343 e. The molecule has 3 rings (SSSR count). The fourth-order valence-electron chi connectivity index (χ4n) is 2.61. The van der Waals surface area contributed by atoms with Crippen LogP contribution in [0.3, 0.4) is 0 Å². The first-order chi connectivity index (χ1) is 11.2. The van der Waals surface area contributed by atoms with Gasteiger partial charge in [-0.3, -0.25) is 9.63 Å². The summed E-state index contributed by atoms with van der Waals surface area (Å²) < 4.78 is 4.76. The summed E-state index contributed by atoms with van der Waals surface area (Å²) in [7, 11) is 0. The van der Waals surface area contributed by atoms with Crippen LogP contribution in [0.1, 0.15) is 30.3 Å². The van der Waals surface area contributed by atoms with Crippen molar-refractivity contribution in [2.24, 2.45) is 0 Å². The van der Waals surface area contributed by atoms with Crippen molar-refractivity contribution in [1.29, 1.82) is 0 Å². The summed E-state index contributed by atoms with van der Waals surface area (Å²) in [5.41, 5.74) is 0.976. The molecule has 0 aliphatic carbocycles. The zero-order valence-electron chi connectivity index (χ0n) is 12.4. The summed E-state index contributed by atoms with van der Waals surface area (Å²) in [5, 5.41) is 7.75. The average molecular weight is 337 g/mol. The first-order valence-electron chi connectivity index (χ1n) is 7.39. The molecule has 2 unspecified atom stereocenters. The Hall–Kier alpha value is -1.96. The molecular weight excluding hydrogens is 320 g/mol. The lowest BCUT2D eigenvalue weighted by molar-refractivity contribution is -0.152. The fourth-order valence-corrected chi connectivity index (χ4v) is 2.80. The lowest BCUT2D eigenvalue weighted by atomic mass is 10.0. The van der Waals surface area contributed by atoms with Crippen LogP contribution in [0.15, 0.2) is 41.2 Å². The van der Waals surface area contributed by atoms with Crippen molar-refractivity contribution < 1.29 is 14.2 Å². The van der Waals surface area contributed by atoms with Crippen LogP contribution in [-0.2, 0) is 11.4 Å². The highest BCUT2D eigenvalue weighted by Crippen LogP contribution is 2.24. The van der Waals surface area contributed by atoms with Gasteiger partial charge in [0.2, 0.25) is 6.39 Å². The van der Waals surface area contributed by atoms with E-state index in [1.54, 1.807) is 0 Å². The lowest BCUT2D eigenvalue weighted by Gasteiger charge is -2.34. The second-order valence-corrected chi connectivity index (χ2v) is 5.64. The number of halogens is 1. The number of nitrogens with one attached hydrogen (secondary N) is 1. The van der Waals surface area contributed by atoms with E-state index in [4.69, 9.17) is 21.0 Å². The zero-order chi connectivity index (χ0) is 16.1. The molecule has 0 bridgehead atoms. The van der Waals surface area contributed by atoms with Gasteiger partial charge in [-0.2, -0.15) is 4.98 Å². The molecule has 1 aliphatic heterocycles. The molecule has 23 heavy (non-hydrogen) atoms. The summed E-state index contributed by atoms with van der Waals surface area (Å²) in [4.78, 5) is 21.3. The zero-order valence-corrected chi connectivity index (χ0v) is 13.1. The number of aromatic nitrogens is 2. The maximum absolute atomic E-state index is 11.7. The van der Waals surface area contributed by atoms with E-state index < -0.39 is 5.37 Å². The van der Waals surface area contributed by atoms with Crippen molar-refractivity contribution in [3.05, 3.63) is 48.1 Å². The Balaban J connectivity index is 1.56. The average Bonchev–Trinajstić information content (AvgIpc) is 3.11. The summed E-state index contributed by atoms with van der Waals surface area (Å²) >= 11 is 5.67. The number of carbonyl (C=O) groups excluding carboxylic acids is 1. The summed E-state index contributed by atoms with van der Waals surface area (Å²) in [5.74, 6) is 0.623. The third kappa shape index (κ3) is 4.07. The van der Waals surface area contributed by atoms with Crippen molar-refractivity contribution in [3.8, 4) is 0 Å². The van der Waals surface area contributed by atoms with Gasteiger partial charge in [-0.1, -0.05) is 35.5 Å². The van der Waals surface area contributed by atoms with Crippen LogP contribution in [0, 0.1) is 0 Å². The number of hydroxylamine groups is 2. The molecule has 1 amide bonds. The molecule has 122 valence electrons. The van der Waals surface area contributed by atoms with Crippen LogP contribution in [0.5, 0.6) is 0 Å². The quantitative estimate of drug-likeness (QED) is 0.513. The number of benzene rings is 1. The van der Waals surface area contributed by atoms with Crippen molar-refractivity contribution in [3.63, 3.8) is 0 Å². The molecule has 1 saturated heterocycles. The van der Waals surface area contributed by atoms with Crippen molar-refractivity contribution >= 4 is 17.0 Å². The molecule has 8 heteroatoms. The number of hydrogen-bond acceptors (Lipinski definition) is 6. The van der Waals surface area contributed by atoms with Gasteiger partial charge in [-0.15, -0.1) is 0 Å². The molecule has 2 aromatic rings. The van der Waals surface area contributed by atoms with Gasteiger partial charge in [0.05, 0.1) is 12.1 Å². The van der Waals surface area contributed by atoms with Gasteiger partial charge in [0.25, 0.3) is 0 Å². The minimum absolute atomic E-state index is 0.0198. The topological polar surface area (TPSA) is 80.5 Å².